The first kappa shape index (κ1) is 21.6. The van der Waals surface area contributed by atoms with Crippen molar-refractivity contribution >= 4 is 55.5 Å². The molecule has 8 heteroatoms. The number of nitrogens with zero attached hydrogens (tertiary/aromatic N) is 1. The highest BCUT2D eigenvalue weighted by molar-refractivity contribution is 9.11. The Morgan fingerprint density at radius 1 is 1.10 bits per heavy atom. The zero-order valence-corrected chi connectivity index (χ0v) is 18.7. The molecular weight excluding hydrogens is 516 g/mol. The van der Waals surface area contributed by atoms with Crippen molar-refractivity contribution in [1.29, 1.82) is 5.26 Å². The number of rotatable bonds is 5. The van der Waals surface area contributed by atoms with Gasteiger partial charge in [0.2, 0.25) is 0 Å². The van der Waals surface area contributed by atoms with Crippen LogP contribution in [0, 0.1) is 18.3 Å². The standard InChI is InChI=1S/C22H14Br2N2O4/c1-12-8-17(23)20(18(24)9-12)26-21(27)15(11-25)10-16-6-7-19(30-16)13-2-4-14(5-3-13)22(28)29/h2-10H,1H3,(H,26,27)(H,28,29)/b15-10+. The summed E-state index contributed by atoms with van der Waals surface area (Å²) in [6, 6.07) is 15.1. The number of nitrogens with one attached hydrogen (secondary N) is 1. The van der Waals surface area contributed by atoms with Gasteiger partial charge in [0.1, 0.15) is 23.2 Å². The molecular formula is C22H14Br2N2O4. The minimum Gasteiger partial charge on any atom is -0.478 e. The first-order valence-corrected chi connectivity index (χ1v) is 10.2. The molecule has 1 amide bonds. The summed E-state index contributed by atoms with van der Waals surface area (Å²) in [5.41, 5.74) is 2.24. The first-order valence-electron chi connectivity index (χ1n) is 8.61. The average molecular weight is 530 g/mol. The van der Waals surface area contributed by atoms with Gasteiger partial charge in [0, 0.05) is 20.6 Å². The van der Waals surface area contributed by atoms with Crippen LogP contribution in [0.4, 0.5) is 5.69 Å². The molecule has 0 fully saturated rings. The van der Waals surface area contributed by atoms with Gasteiger partial charge in [0.15, 0.2) is 0 Å². The Kier molecular flexibility index (Phi) is 6.55. The maximum absolute atomic E-state index is 12.6. The van der Waals surface area contributed by atoms with Crippen molar-refractivity contribution in [2.45, 2.75) is 6.92 Å². The van der Waals surface area contributed by atoms with Crippen molar-refractivity contribution in [3.05, 3.63) is 79.9 Å². The number of amides is 1. The molecule has 0 spiro atoms. The molecule has 0 atom stereocenters. The monoisotopic (exact) mass is 528 g/mol. The van der Waals surface area contributed by atoms with Crippen molar-refractivity contribution in [2.24, 2.45) is 0 Å². The fraction of sp³-hybridized carbons (Fsp3) is 0.0455. The molecule has 0 aliphatic carbocycles. The normalized spacial score (nSPS) is 11.1. The molecule has 30 heavy (non-hydrogen) atoms. The molecule has 3 aromatic rings. The van der Waals surface area contributed by atoms with Gasteiger partial charge in [-0.15, -0.1) is 0 Å². The van der Waals surface area contributed by atoms with Gasteiger partial charge in [0.05, 0.1) is 11.3 Å². The van der Waals surface area contributed by atoms with Crippen molar-refractivity contribution < 1.29 is 19.1 Å². The van der Waals surface area contributed by atoms with E-state index in [1.54, 1.807) is 24.3 Å². The van der Waals surface area contributed by atoms with Crippen molar-refractivity contribution in [1.82, 2.24) is 0 Å². The Morgan fingerprint density at radius 2 is 1.73 bits per heavy atom. The zero-order valence-electron chi connectivity index (χ0n) is 15.6. The minimum atomic E-state index is -1.01. The van der Waals surface area contributed by atoms with E-state index in [1.165, 1.54) is 18.2 Å². The predicted molar refractivity (Wildman–Crippen MR) is 120 cm³/mol. The molecule has 0 radical (unpaired) electrons. The molecule has 1 heterocycles. The highest BCUT2D eigenvalue weighted by Gasteiger charge is 2.15. The van der Waals surface area contributed by atoms with Crippen LogP contribution in [-0.4, -0.2) is 17.0 Å². The Labute approximate surface area is 189 Å². The van der Waals surface area contributed by atoms with Gasteiger partial charge in [-0.05, 0) is 80.7 Å². The van der Waals surface area contributed by atoms with Gasteiger partial charge in [-0.25, -0.2) is 4.79 Å². The second-order valence-electron chi connectivity index (χ2n) is 6.31. The van der Waals surface area contributed by atoms with Gasteiger partial charge in [0.25, 0.3) is 5.91 Å². The van der Waals surface area contributed by atoms with Gasteiger partial charge < -0.3 is 14.8 Å². The van der Waals surface area contributed by atoms with Crippen LogP contribution in [-0.2, 0) is 4.79 Å². The molecule has 0 unspecified atom stereocenters. The molecule has 3 rings (SSSR count). The van der Waals surface area contributed by atoms with Crippen LogP contribution >= 0.6 is 31.9 Å². The summed E-state index contributed by atoms with van der Waals surface area (Å²) < 4.78 is 7.06. The van der Waals surface area contributed by atoms with Gasteiger partial charge in [-0.1, -0.05) is 12.1 Å². The van der Waals surface area contributed by atoms with Crippen LogP contribution in [0.25, 0.3) is 17.4 Å². The lowest BCUT2D eigenvalue weighted by Crippen LogP contribution is -2.14. The molecule has 2 aromatic carbocycles. The number of nitriles is 1. The SMILES string of the molecule is Cc1cc(Br)c(NC(=O)/C(C#N)=C/c2ccc(-c3ccc(C(=O)O)cc3)o2)c(Br)c1. The second kappa shape index (κ2) is 9.11. The lowest BCUT2D eigenvalue weighted by Gasteiger charge is -2.10. The lowest BCUT2D eigenvalue weighted by molar-refractivity contribution is -0.112. The van der Waals surface area contributed by atoms with E-state index in [9.17, 15) is 14.9 Å². The molecule has 1 aromatic heterocycles. The third kappa shape index (κ3) is 4.87. The molecule has 0 bridgehead atoms. The maximum atomic E-state index is 12.6. The summed E-state index contributed by atoms with van der Waals surface area (Å²) in [5, 5.41) is 21.1. The number of halogens is 2. The number of furan rings is 1. The third-order valence-electron chi connectivity index (χ3n) is 4.12. The summed E-state index contributed by atoms with van der Waals surface area (Å²) in [6.07, 6.45) is 1.35. The minimum absolute atomic E-state index is 0.128. The van der Waals surface area contributed by atoms with Crippen LogP contribution in [0.3, 0.4) is 0 Å². The van der Waals surface area contributed by atoms with E-state index in [-0.39, 0.29) is 11.1 Å². The predicted octanol–water partition coefficient (Wildman–Crippen LogP) is 6.02. The second-order valence-corrected chi connectivity index (χ2v) is 8.02. The van der Waals surface area contributed by atoms with E-state index in [0.717, 1.165) is 5.56 Å². The Bertz CT molecular complexity index is 1180. The largest absolute Gasteiger partial charge is 0.478 e. The summed E-state index contributed by atoms with van der Waals surface area (Å²) in [5.74, 6) is -0.784. The first-order chi connectivity index (χ1) is 14.3. The molecule has 0 saturated carbocycles. The number of anilines is 1. The number of carbonyl (C=O) groups excluding carboxylic acids is 1. The highest BCUT2D eigenvalue weighted by atomic mass is 79.9. The average Bonchev–Trinajstić information content (AvgIpc) is 3.17. The Morgan fingerprint density at radius 3 is 2.30 bits per heavy atom. The van der Waals surface area contributed by atoms with Crippen molar-refractivity contribution in [3.63, 3.8) is 0 Å². The number of aryl methyl sites for hydroxylation is 1. The maximum Gasteiger partial charge on any atom is 0.335 e. The Balaban J connectivity index is 1.82. The zero-order chi connectivity index (χ0) is 21.8. The number of hydrogen-bond acceptors (Lipinski definition) is 4. The van der Waals surface area contributed by atoms with E-state index >= 15 is 0 Å². The number of carboxylic acid groups (broad SMARTS) is 1. The van der Waals surface area contributed by atoms with E-state index in [0.29, 0.717) is 31.7 Å². The van der Waals surface area contributed by atoms with E-state index in [2.05, 4.69) is 37.2 Å². The topological polar surface area (TPSA) is 103 Å². The van der Waals surface area contributed by atoms with Crippen LogP contribution in [0.5, 0.6) is 0 Å². The number of hydrogen-bond donors (Lipinski definition) is 2. The number of benzene rings is 2. The summed E-state index contributed by atoms with van der Waals surface area (Å²) in [7, 11) is 0. The summed E-state index contributed by atoms with van der Waals surface area (Å²) >= 11 is 6.81. The van der Waals surface area contributed by atoms with Crippen molar-refractivity contribution in [3.8, 4) is 17.4 Å². The lowest BCUT2D eigenvalue weighted by atomic mass is 10.1. The molecule has 0 aliphatic rings. The molecule has 6 nitrogen and oxygen atoms in total. The fourth-order valence-electron chi connectivity index (χ4n) is 2.65. The van der Waals surface area contributed by atoms with Crippen LogP contribution in [0.2, 0.25) is 0 Å². The third-order valence-corrected chi connectivity index (χ3v) is 5.37. The Hall–Kier alpha value is -3.15. The molecule has 0 aliphatic heterocycles. The van der Waals surface area contributed by atoms with E-state index in [1.807, 2.05) is 25.1 Å². The number of aromatic carboxylic acids is 1. The fourth-order valence-corrected chi connectivity index (χ4v) is 4.27. The summed E-state index contributed by atoms with van der Waals surface area (Å²) in [4.78, 5) is 23.5. The summed E-state index contributed by atoms with van der Waals surface area (Å²) in [6.45, 7) is 1.92. The van der Waals surface area contributed by atoms with Gasteiger partial charge >= 0.3 is 5.97 Å². The highest BCUT2D eigenvalue weighted by Crippen LogP contribution is 2.32. The van der Waals surface area contributed by atoms with Gasteiger partial charge in [-0.3, -0.25) is 4.79 Å². The molecule has 2 N–H and O–H groups in total. The molecule has 150 valence electrons. The van der Waals surface area contributed by atoms with Gasteiger partial charge in [-0.2, -0.15) is 5.26 Å². The number of carbonyl (C=O) groups is 2. The van der Waals surface area contributed by atoms with Crippen LogP contribution in [0.1, 0.15) is 21.7 Å². The van der Waals surface area contributed by atoms with Crippen molar-refractivity contribution in [2.75, 3.05) is 5.32 Å². The van der Waals surface area contributed by atoms with Crippen LogP contribution in [0.15, 0.2) is 67.5 Å². The smallest absolute Gasteiger partial charge is 0.335 e. The van der Waals surface area contributed by atoms with E-state index < -0.39 is 11.9 Å². The molecule has 0 saturated heterocycles. The number of carboxylic acids is 1. The van der Waals surface area contributed by atoms with E-state index in [4.69, 9.17) is 9.52 Å². The quantitative estimate of drug-likeness (QED) is 0.310. The van der Waals surface area contributed by atoms with Crippen LogP contribution < -0.4 is 5.32 Å².